The van der Waals surface area contributed by atoms with Crippen molar-refractivity contribution >= 4 is 15.9 Å². The van der Waals surface area contributed by atoms with Crippen LogP contribution in [0.5, 0.6) is 11.5 Å². The number of halogens is 2. The van der Waals surface area contributed by atoms with E-state index in [4.69, 9.17) is 9.47 Å². The van der Waals surface area contributed by atoms with Crippen LogP contribution in [-0.4, -0.2) is 14.2 Å². The molecule has 0 spiro atoms. The van der Waals surface area contributed by atoms with Gasteiger partial charge in [-0.1, -0.05) is 15.9 Å². The molecule has 0 fully saturated rings. The molecule has 2 nitrogen and oxygen atoms in total. The van der Waals surface area contributed by atoms with Crippen LogP contribution in [0, 0.1) is 5.82 Å². The average molecular weight is 311 g/mol. The number of ether oxygens (including phenoxy) is 2. The Bertz CT molecular complexity index is 570. The van der Waals surface area contributed by atoms with Gasteiger partial charge in [-0.15, -0.1) is 0 Å². The zero-order valence-electron chi connectivity index (χ0n) is 10.0. The second-order valence-electron chi connectivity index (χ2n) is 3.69. The Balaban J connectivity index is 2.64. The van der Waals surface area contributed by atoms with Crippen LogP contribution >= 0.6 is 15.9 Å². The van der Waals surface area contributed by atoms with Crippen LogP contribution in [0.2, 0.25) is 0 Å². The predicted molar refractivity (Wildman–Crippen MR) is 72.6 cm³/mol. The second kappa shape index (κ2) is 5.40. The van der Waals surface area contributed by atoms with Crippen molar-refractivity contribution in [3.63, 3.8) is 0 Å². The summed E-state index contributed by atoms with van der Waals surface area (Å²) in [7, 11) is 3.13. The van der Waals surface area contributed by atoms with Gasteiger partial charge >= 0.3 is 0 Å². The molecule has 0 unspecified atom stereocenters. The first kappa shape index (κ1) is 12.9. The van der Waals surface area contributed by atoms with Gasteiger partial charge < -0.3 is 9.47 Å². The lowest BCUT2D eigenvalue weighted by Gasteiger charge is -2.11. The lowest BCUT2D eigenvalue weighted by Crippen LogP contribution is -1.92. The highest BCUT2D eigenvalue weighted by molar-refractivity contribution is 9.10. The van der Waals surface area contributed by atoms with Crippen molar-refractivity contribution in [1.82, 2.24) is 0 Å². The molecule has 94 valence electrons. The van der Waals surface area contributed by atoms with E-state index >= 15 is 0 Å². The highest BCUT2D eigenvalue weighted by atomic mass is 79.9. The fourth-order valence-electron chi connectivity index (χ4n) is 1.73. The summed E-state index contributed by atoms with van der Waals surface area (Å²) >= 11 is 3.34. The first-order valence-corrected chi connectivity index (χ1v) is 6.12. The van der Waals surface area contributed by atoms with E-state index in [2.05, 4.69) is 15.9 Å². The van der Waals surface area contributed by atoms with Crippen LogP contribution in [0.25, 0.3) is 11.1 Å². The smallest absolute Gasteiger partial charge is 0.131 e. The minimum absolute atomic E-state index is 0.301. The van der Waals surface area contributed by atoms with E-state index in [9.17, 15) is 4.39 Å². The molecule has 0 N–H and O–H groups in total. The SMILES string of the molecule is COc1ccc(OC)c(-c2cc(Br)ccc2F)c1. The molecule has 2 aromatic carbocycles. The summed E-state index contributed by atoms with van der Waals surface area (Å²) in [6, 6.07) is 10.1. The number of hydrogen-bond donors (Lipinski definition) is 0. The Morgan fingerprint density at radius 2 is 1.72 bits per heavy atom. The Labute approximate surface area is 113 Å². The molecule has 2 aromatic rings. The molecule has 0 saturated heterocycles. The number of benzene rings is 2. The summed E-state index contributed by atoms with van der Waals surface area (Å²) in [6.07, 6.45) is 0. The second-order valence-corrected chi connectivity index (χ2v) is 4.61. The van der Waals surface area contributed by atoms with Crippen LogP contribution in [-0.2, 0) is 0 Å². The number of hydrogen-bond acceptors (Lipinski definition) is 2. The van der Waals surface area contributed by atoms with Gasteiger partial charge in [-0.3, -0.25) is 0 Å². The Morgan fingerprint density at radius 3 is 2.39 bits per heavy atom. The molecule has 18 heavy (non-hydrogen) atoms. The van der Waals surface area contributed by atoms with Crippen molar-refractivity contribution in [2.24, 2.45) is 0 Å². The lowest BCUT2D eigenvalue weighted by molar-refractivity contribution is 0.404. The van der Waals surface area contributed by atoms with Crippen molar-refractivity contribution in [1.29, 1.82) is 0 Å². The summed E-state index contributed by atoms with van der Waals surface area (Å²) in [5.41, 5.74) is 1.13. The molecule has 0 radical (unpaired) electrons. The van der Waals surface area contributed by atoms with Crippen LogP contribution in [0.4, 0.5) is 4.39 Å². The fourth-order valence-corrected chi connectivity index (χ4v) is 2.09. The van der Waals surface area contributed by atoms with E-state index in [1.165, 1.54) is 6.07 Å². The molecular formula is C14H12BrFO2. The quantitative estimate of drug-likeness (QED) is 0.842. The van der Waals surface area contributed by atoms with E-state index < -0.39 is 0 Å². The standard InChI is InChI=1S/C14H12BrFO2/c1-17-10-4-6-14(18-2)12(8-10)11-7-9(15)3-5-13(11)16/h3-8H,1-2H3. The van der Waals surface area contributed by atoms with Crippen molar-refractivity contribution in [2.45, 2.75) is 0 Å². The van der Waals surface area contributed by atoms with Gasteiger partial charge in [0.2, 0.25) is 0 Å². The topological polar surface area (TPSA) is 18.5 Å². The van der Waals surface area contributed by atoms with E-state index in [1.54, 1.807) is 44.6 Å². The third kappa shape index (κ3) is 2.48. The van der Waals surface area contributed by atoms with Crippen LogP contribution < -0.4 is 9.47 Å². The van der Waals surface area contributed by atoms with Crippen molar-refractivity contribution < 1.29 is 13.9 Å². The van der Waals surface area contributed by atoms with Gasteiger partial charge in [0.05, 0.1) is 14.2 Å². The Kier molecular flexibility index (Phi) is 3.87. The van der Waals surface area contributed by atoms with E-state index in [1.807, 2.05) is 0 Å². The molecule has 4 heteroatoms. The molecule has 0 bridgehead atoms. The van der Waals surface area contributed by atoms with Crippen LogP contribution in [0.3, 0.4) is 0 Å². The number of rotatable bonds is 3. The molecular weight excluding hydrogens is 299 g/mol. The Hall–Kier alpha value is -1.55. The molecule has 0 aromatic heterocycles. The van der Waals surface area contributed by atoms with Crippen LogP contribution in [0.15, 0.2) is 40.9 Å². The van der Waals surface area contributed by atoms with E-state index in [0.29, 0.717) is 22.6 Å². The molecule has 2 rings (SSSR count). The van der Waals surface area contributed by atoms with Crippen molar-refractivity contribution in [3.8, 4) is 22.6 Å². The average Bonchev–Trinajstić information content (AvgIpc) is 2.40. The Morgan fingerprint density at radius 1 is 0.944 bits per heavy atom. The molecule has 0 aliphatic rings. The summed E-state index contributed by atoms with van der Waals surface area (Å²) in [6.45, 7) is 0. The molecule has 0 saturated carbocycles. The maximum Gasteiger partial charge on any atom is 0.131 e. The fraction of sp³-hybridized carbons (Fsp3) is 0.143. The number of methoxy groups -OCH3 is 2. The maximum atomic E-state index is 13.9. The summed E-state index contributed by atoms with van der Waals surface area (Å²) in [4.78, 5) is 0. The first-order chi connectivity index (χ1) is 8.65. The zero-order chi connectivity index (χ0) is 13.1. The maximum absolute atomic E-state index is 13.9. The van der Waals surface area contributed by atoms with Gasteiger partial charge in [0.15, 0.2) is 0 Å². The zero-order valence-corrected chi connectivity index (χ0v) is 11.6. The normalized spacial score (nSPS) is 10.2. The minimum atomic E-state index is -0.301. The lowest BCUT2D eigenvalue weighted by atomic mass is 10.0. The van der Waals surface area contributed by atoms with Gasteiger partial charge in [0.1, 0.15) is 17.3 Å². The summed E-state index contributed by atoms with van der Waals surface area (Å²) < 4.78 is 25.1. The third-order valence-electron chi connectivity index (χ3n) is 2.63. The van der Waals surface area contributed by atoms with Gasteiger partial charge in [0, 0.05) is 15.6 Å². The summed E-state index contributed by atoms with van der Waals surface area (Å²) in [5, 5.41) is 0. The molecule has 0 aliphatic heterocycles. The molecule has 0 aliphatic carbocycles. The first-order valence-electron chi connectivity index (χ1n) is 5.33. The van der Waals surface area contributed by atoms with Crippen LogP contribution in [0.1, 0.15) is 0 Å². The predicted octanol–water partition coefficient (Wildman–Crippen LogP) is 4.27. The highest BCUT2D eigenvalue weighted by Gasteiger charge is 2.12. The van der Waals surface area contributed by atoms with Crippen molar-refractivity contribution in [3.05, 3.63) is 46.7 Å². The van der Waals surface area contributed by atoms with E-state index in [0.717, 1.165) is 4.47 Å². The highest BCUT2D eigenvalue weighted by Crippen LogP contribution is 2.36. The monoisotopic (exact) mass is 310 g/mol. The van der Waals surface area contributed by atoms with Gasteiger partial charge in [-0.05, 0) is 36.4 Å². The summed E-state index contributed by atoms with van der Waals surface area (Å²) in [5.74, 6) is 0.961. The van der Waals surface area contributed by atoms with Gasteiger partial charge in [-0.2, -0.15) is 0 Å². The minimum Gasteiger partial charge on any atom is -0.497 e. The molecule has 0 atom stereocenters. The van der Waals surface area contributed by atoms with Crippen molar-refractivity contribution in [2.75, 3.05) is 14.2 Å². The largest absolute Gasteiger partial charge is 0.497 e. The van der Waals surface area contributed by atoms with Gasteiger partial charge in [-0.25, -0.2) is 4.39 Å². The molecule has 0 amide bonds. The third-order valence-corrected chi connectivity index (χ3v) is 3.12. The molecule has 0 heterocycles. The van der Waals surface area contributed by atoms with E-state index in [-0.39, 0.29) is 5.82 Å². The van der Waals surface area contributed by atoms with Gasteiger partial charge in [0.25, 0.3) is 0 Å².